The molecule has 6 nitrogen and oxygen atoms in total. The minimum absolute atomic E-state index is 0.0528. The molecule has 0 amide bonds. The van der Waals surface area contributed by atoms with Gasteiger partial charge >= 0.3 is 5.97 Å². The Balaban J connectivity index is 2.35. The average Bonchev–Trinajstić information content (AvgIpc) is 2.78. The lowest BCUT2D eigenvalue weighted by atomic mass is 10.2. The first-order chi connectivity index (χ1) is 7.18. The fourth-order valence-corrected chi connectivity index (χ4v) is 1.30. The van der Waals surface area contributed by atoms with Crippen LogP contribution in [-0.4, -0.2) is 26.0 Å². The van der Waals surface area contributed by atoms with Crippen molar-refractivity contribution >= 4 is 5.97 Å². The molecule has 0 fully saturated rings. The van der Waals surface area contributed by atoms with Crippen molar-refractivity contribution in [2.45, 2.75) is 13.5 Å². The molecular weight excluding hydrogens is 198 g/mol. The summed E-state index contributed by atoms with van der Waals surface area (Å²) in [5.41, 5.74) is 0.495. The molecule has 0 aromatic carbocycles. The van der Waals surface area contributed by atoms with E-state index >= 15 is 0 Å². The van der Waals surface area contributed by atoms with Gasteiger partial charge in [-0.3, -0.25) is 4.68 Å². The molecule has 0 radical (unpaired) electrons. The highest BCUT2D eigenvalue weighted by Crippen LogP contribution is 2.14. The van der Waals surface area contributed by atoms with Gasteiger partial charge in [0.25, 0.3) is 0 Å². The third-order valence-corrected chi connectivity index (χ3v) is 2.07. The van der Waals surface area contributed by atoms with Crippen molar-refractivity contribution < 1.29 is 14.4 Å². The molecule has 6 heteroatoms. The number of nitrogens with zero attached hydrogens (tertiary/aromatic N) is 3. The van der Waals surface area contributed by atoms with Crippen LogP contribution < -0.4 is 0 Å². The van der Waals surface area contributed by atoms with Gasteiger partial charge in [0.1, 0.15) is 5.76 Å². The second-order valence-electron chi connectivity index (χ2n) is 3.07. The summed E-state index contributed by atoms with van der Waals surface area (Å²) in [6.45, 7) is 2.03. The Morgan fingerprint density at radius 3 is 3.07 bits per heavy atom. The maximum Gasteiger partial charge on any atom is 0.358 e. The van der Waals surface area contributed by atoms with Crippen molar-refractivity contribution in [2.75, 3.05) is 0 Å². The van der Waals surface area contributed by atoms with Gasteiger partial charge in [-0.05, 0) is 13.0 Å². The Labute approximate surface area is 85.1 Å². The number of aromatic carboxylic acids is 1. The molecule has 1 N–H and O–H groups in total. The van der Waals surface area contributed by atoms with Crippen LogP contribution in [0.25, 0.3) is 0 Å². The van der Waals surface area contributed by atoms with Crippen molar-refractivity contribution in [1.29, 1.82) is 0 Å². The topological polar surface area (TPSA) is 81.1 Å². The molecule has 2 aromatic heterocycles. The SMILES string of the molecule is Cc1onc(C(=O)O)c1Cn1cccn1. The van der Waals surface area contributed by atoms with Crippen LogP contribution in [0.15, 0.2) is 23.0 Å². The minimum Gasteiger partial charge on any atom is -0.476 e. The van der Waals surface area contributed by atoms with Gasteiger partial charge < -0.3 is 9.63 Å². The predicted octanol–water partition coefficient (Wildman–Crippen LogP) is 0.926. The van der Waals surface area contributed by atoms with E-state index in [-0.39, 0.29) is 5.69 Å². The van der Waals surface area contributed by atoms with Crippen LogP contribution in [0.5, 0.6) is 0 Å². The van der Waals surface area contributed by atoms with Crippen molar-refractivity contribution in [2.24, 2.45) is 0 Å². The van der Waals surface area contributed by atoms with E-state index in [2.05, 4.69) is 10.3 Å². The molecule has 0 bridgehead atoms. The Hall–Kier alpha value is -2.11. The largest absolute Gasteiger partial charge is 0.476 e. The highest BCUT2D eigenvalue weighted by atomic mass is 16.5. The maximum atomic E-state index is 10.8. The Morgan fingerprint density at radius 2 is 2.47 bits per heavy atom. The highest BCUT2D eigenvalue weighted by molar-refractivity contribution is 5.87. The van der Waals surface area contributed by atoms with Crippen LogP contribution in [0.4, 0.5) is 0 Å². The molecule has 0 saturated heterocycles. The van der Waals surface area contributed by atoms with E-state index in [1.165, 1.54) is 0 Å². The smallest absolute Gasteiger partial charge is 0.358 e. The third-order valence-electron chi connectivity index (χ3n) is 2.07. The van der Waals surface area contributed by atoms with Gasteiger partial charge in [0, 0.05) is 12.4 Å². The lowest BCUT2D eigenvalue weighted by Gasteiger charge is -1.99. The highest BCUT2D eigenvalue weighted by Gasteiger charge is 2.18. The molecule has 0 unspecified atom stereocenters. The van der Waals surface area contributed by atoms with Crippen molar-refractivity contribution in [3.8, 4) is 0 Å². The number of rotatable bonds is 3. The average molecular weight is 207 g/mol. The summed E-state index contributed by atoms with van der Waals surface area (Å²) < 4.78 is 6.45. The first-order valence-corrected chi connectivity index (χ1v) is 4.34. The fourth-order valence-electron chi connectivity index (χ4n) is 1.30. The van der Waals surface area contributed by atoms with E-state index in [1.54, 1.807) is 30.1 Å². The van der Waals surface area contributed by atoms with Gasteiger partial charge in [0.2, 0.25) is 0 Å². The predicted molar refractivity (Wildman–Crippen MR) is 49.5 cm³/mol. The molecule has 2 heterocycles. The minimum atomic E-state index is -1.09. The van der Waals surface area contributed by atoms with Gasteiger partial charge in [0.15, 0.2) is 5.69 Å². The fraction of sp³-hybridized carbons (Fsp3) is 0.222. The lowest BCUT2D eigenvalue weighted by Crippen LogP contribution is -2.07. The van der Waals surface area contributed by atoms with Crippen LogP contribution in [0, 0.1) is 6.92 Å². The van der Waals surface area contributed by atoms with E-state index in [9.17, 15) is 4.79 Å². The monoisotopic (exact) mass is 207 g/mol. The molecular formula is C9H9N3O3. The summed E-state index contributed by atoms with van der Waals surface area (Å²) in [5.74, 6) is -0.586. The summed E-state index contributed by atoms with van der Waals surface area (Å²) in [7, 11) is 0. The number of aryl methyl sites for hydroxylation is 1. The van der Waals surface area contributed by atoms with Crippen molar-refractivity contribution in [3.05, 3.63) is 35.5 Å². The Kier molecular flexibility index (Phi) is 2.24. The summed E-state index contributed by atoms with van der Waals surface area (Å²) in [6.07, 6.45) is 3.38. The number of hydrogen-bond acceptors (Lipinski definition) is 4. The summed E-state index contributed by atoms with van der Waals surface area (Å²) >= 11 is 0. The zero-order valence-corrected chi connectivity index (χ0v) is 8.04. The molecule has 0 saturated carbocycles. The van der Waals surface area contributed by atoms with Crippen molar-refractivity contribution in [3.63, 3.8) is 0 Å². The van der Waals surface area contributed by atoms with Crippen LogP contribution >= 0.6 is 0 Å². The standard InChI is InChI=1S/C9H9N3O3/c1-6-7(5-12-4-2-3-10-12)8(9(13)14)11-15-6/h2-4H,5H2,1H3,(H,13,14). The summed E-state index contributed by atoms with van der Waals surface area (Å²) in [4.78, 5) is 10.8. The van der Waals surface area contributed by atoms with Crippen molar-refractivity contribution in [1.82, 2.24) is 14.9 Å². The molecule has 78 valence electrons. The number of aromatic nitrogens is 3. The number of carbonyl (C=O) groups is 1. The van der Waals surface area contributed by atoms with Crippen LogP contribution in [0.3, 0.4) is 0 Å². The Bertz CT molecular complexity index is 473. The lowest BCUT2D eigenvalue weighted by molar-refractivity contribution is 0.0684. The molecule has 2 rings (SSSR count). The number of carboxylic acids is 1. The molecule has 15 heavy (non-hydrogen) atoms. The van der Waals surface area contributed by atoms with E-state index < -0.39 is 5.97 Å². The number of hydrogen-bond donors (Lipinski definition) is 1. The molecule has 2 aromatic rings. The van der Waals surface area contributed by atoms with Crippen LogP contribution in [-0.2, 0) is 6.54 Å². The maximum absolute atomic E-state index is 10.8. The van der Waals surface area contributed by atoms with Gasteiger partial charge in [0.05, 0.1) is 12.1 Å². The van der Waals surface area contributed by atoms with E-state index in [1.807, 2.05) is 0 Å². The first kappa shape index (κ1) is 9.45. The van der Waals surface area contributed by atoms with Gasteiger partial charge in [-0.2, -0.15) is 5.10 Å². The molecule has 0 spiro atoms. The van der Waals surface area contributed by atoms with Crippen LogP contribution in [0.2, 0.25) is 0 Å². The van der Waals surface area contributed by atoms with Gasteiger partial charge in [-0.25, -0.2) is 4.79 Å². The molecule has 0 aliphatic rings. The van der Waals surface area contributed by atoms with Crippen LogP contribution in [0.1, 0.15) is 21.8 Å². The second kappa shape index (κ2) is 3.56. The molecule has 0 aliphatic carbocycles. The normalized spacial score (nSPS) is 10.5. The second-order valence-corrected chi connectivity index (χ2v) is 3.07. The summed E-state index contributed by atoms with van der Waals surface area (Å²) in [5, 5.41) is 16.3. The Morgan fingerprint density at radius 1 is 1.67 bits per heavy atom. The van der Waals surface area contributed by atoms with E-state index in [4.69, 9.17) is 9.63 Å². The zero-order chi connectivity index (χ0) is 10.8. The quantitative estimate of drug-likeness (QED) is 0.809. The summed E-state index contributed by atoms with van der Waals surface area (Å²) in [6, 6.07) is 1.77. The molecule has 0 aliphatic heterocycles. The van der Waals surface area contributed by atoms with E-state index in [0.29, 0.717) is 17.9 Å². The van der Waals surface area contributed by atoms with E-state index in [0.717, 1.165) is 0 Å². The van der Waals surface area contributed by atoms with Gasteiger partial charge in [-0.1, -0.05) is 5.16 Å². The first-order valence-electron chi connectivity index (χ1n) is 4.34. The zero-order valence-electron chi connectivity index (χ0n) is 8.04. The molecule has 0 atom stereocenters. The third kappa shape index (κ3) is 1.74. The number of carboxylic acid groups (broad SMARTS) is 1. The van der Waals surface area contributed by atoms with Gasteiger partial charge in [-0.15, -0.1) is 0 Å².